The highest BCUT2D eigenvalue weighted by atomic mass is 15.0. The van der Waals surface area contributed by atoms with Gasteiger partial charge in [0.15, 0.2) is 0 Å². The second-order valence-corrected chi connectivity index (χ2v) is 3.81. The Morgan fingerprint density at radius 2 is 2.27 bits per heavy atom. The zero-order valence-electron chi connectivity index (χ0n) is 8.83. The van der Waals surface area contributed by atoms with Gasteiger partial charge in [-0.25, -0.2) is 4.98 Å². The van der Waals surface area contributed by atoms with Crippen molar-refractivity contribution in [3.05, 3.63) is 30.1 Å². The first-order valence-electron chi connectivity index (χ1n) is 5.15. The van der Waals surface area contributed by atoms with Crippen molar-refractivity contribution in [2.75, 3.05) is 6.54 Å². The van der Waals surface area contributed by atoms with Crippen molar-refractivity contribution in [1.82, 2.24) is 15.3 Å². The number of benzene rings is 1. The third-order valence-electron chi connectivity index (χ3n) is 2.20. The lowest BCUT2D eigenvalue weighted by Gasteiger charge is -2.04. The largest absolute Gasteiger partial charge is 0.341 e. The van der Waals surface area contributed by atoms with E-state index in [2.05, 4.69) is 15.3 Å². The van der Waals surface area contributed by atoms with Gasteiger partial charge in [-0.05, 0) is 19.1 Å². The average molecular weight is 204 g/mol. The summed E-state index contributed by atoms with van der Waals surface area (Å²) in [5.41, 5.74) is 7.73. The zero-order chi connectivity index (χ0) is 10.7. The Hall–Kier alpha value is -1.39. The first-order chi connectivity index (χ1) is 7.25. The fraction of sp³-hybridized carbons (Fsp3) is 0.364. The van der Waals surface area contributed by atoms with Crippen LogP contribution >= 0.6 is 0 Å². The summed E-state index contributed by atoms with van der Waals surface area (Å²) in [7, 11) is 0. The van der Waals surface area contributed by atoms with Crippen LogP contribution in [0.2, 0.25) is 0 Å². The molecule has 0 saturated heterocycles. The first-order valence-corrected chi connectivity index (χ1v) is 5.15. The predicted octanol–water partition coefficient (Wildman–Crippen LogP) is 1.000. The minimum Gasteiger partial charge on any atom is -0.341 e. The summed E-state index contributed by atoms with van der Waals surface area (Å²) in [6.45, 7) is 3.51. The number of nitrogens with one attached hydrogen (secondary N) is 2. The van der Waals surface area contributed by atoms with Gasteiger partial charge >= 0.3 is 0 Å². The standard InChI is InChI=1S/C11H16N4/c1-8(12)6-13-7-11-14-9-4-2-3-5-10(9)15-11/h2-5,8,13H,6-7,12H2,1H3,(H,14,15). The Kier molecular flexibility index (Phi) is 2.99. The normalized spacial score (nSPS) is 13.2. The highest BCUT2D eigenvalue weighted by Gasteiger charge is 2.01. The van der Waals surface area contributed by atoms with Crippen LogP contribution in [0, 0.1) is 0 Å². The molecule has 1 aromatic carbocycles. The zero-order valence-corrected chi connectivity index (χ0v) is 8.83. The monoisotopic (exact) mass is 204 g/mol. The molecule has 2 rings (SSSR count). The van der Waals surface area contributed by atoms with Crippen LogP contribution in [0.15, 0.2) is 24.3 Å². The highest BCUT2D eigenvalue weighted by Crippen LogP contribution is 2.09. The van der Waals surface area contributed by atoms with Crippen molar-refractivity contribution >= 4 is 11.0 Å². The van der Waals surface area contributed by atoms with Crippen LogP contribution in [0.3, 0.4) is 0 Å². The molecule has 4 N–H and O–H groups in total. The van der Waals surface area contributed by atoms with Crippen molar-refractivity contribution in [3.8, 4) is 0 Å². The van der Waals surface area contributed by atoms with Gasteiger partial charge in [0.1, 0.15) is 5.82 Å². The van der Waals surface area contributed by atoms with Crippen molar-refractivity contribution in [1.29, 1.82) is 0 Å². The molecule has 0 fully saturated rings. The third-order valence-corrected chi connectivity index (χ3v) is 2.20. The molecule has 0 spiro atoms. The summed E-state index contributed by atoms with van der Waals surface area (Å²) >= 11 is 0. The van der Waals surface area contributed by atoms with E-state index in [-0.39, 0.29) is 6.04 Å². The van der Waals surface area contributed by atoms with Crippen LogP contribution in [0.4, 0.5) is 0 Å². The SMILES string of the molecule is CC(N)CNCc1nc2ccccc2[nH]1. The molecular weight excluding hydrogens is 188 g/mol. The van der Waals surface area contributed by atoms with E-state index in [1.807, 2.05) is 31.2 Å². The van der Waals surface area contributed by atoms with Gasteiger partial charge in [-0.2, -0.15) is 0 Å². The summed E-state index contributed by atoms with van der Waals surface area (Å²) in [6.07, 6.45) is 0. The molecule has 2 aromatic rings. The first kappa shape index (κ1) is 10.1. The minimum atomic E-state index is 0.175. The lowest BCUT2D eigenvalue weighted by molar-refractivity contribution is 0.597. The van der Waals surface area contributed by atoms with Crippen LogP contribution in [0.25, 0.3) is 11.0 Å². The van der Waals surface area contributed by atoms with Crippen LogP contribution in [-0.4, -0.2) is 22.6 Å². The van der Waals surface area contributed by atoms with Crippen molar-refractivity contribution in [2.24, 2.45) is 5.73 Å². The Labute approximate surface area is 88.9 Å². The van der Waals surface area contributed by atoms with Crippen LogP contribution in [0.1, 0.15) is 12.7 Å². The van der Waals surface area contributed by atoms with Crippen molar-refractivity contribution < 1.29 is 0 Å². The third kappa shape index (κ3) is 2.55. The highest BCUT2D eigenvalue weighted by molar-refractivity contribution is 5.74. The molecule has 0 saturated carbocycles. The molecule has 1 heterocycles. The number of para-hydroxylation sites is 2. The molecule has 4 heteroatoms. The van der Waals surface area contributed by atoms with Gasteiger partial charge in [0.25, 0.3) is 0 Å². The van der Waals surface area contributed by atoms with E-state index in [0.717, 1.165) is 29.9 Å². The van der Waals surface area contributed by atoms with E-state index >= 15 is 0 Å². The second-order valence-electron chi connectivity index (χ2n) is 3.81. The maximum absolute atomic E-state index is 5.64. The predicted molar refractivity (Wildman–Crippen MR) is 61.4 cm³/mol. The van der Waals surface area contributed by atoms with Crippen LogP contribution < -0.4 is 11.1 Å². The Balaban J connectivity index is 2.03. The van der Waals surface area contributed by atoms with Gasteiger partial charge < -0.3 is 16.0 Å². The summed E-state index contributed by atoms with van der Waals surface area (Å²) in [6, 6.07) is 8.19. The smallest absolute Gasteiger partial charge is 0.121 e. The number of aromatic amines is 1. The number of hydrogen-bond donors (Lipinski definition) is 3. The Morgan fingerprint density at radius 3 is 3.00 bits per heavy atom. The molecule has 1 atom stereocenters. The molecule has 0 aliphatic carbocycles. The molecule has 0 aliphatic rings. The fourth-order valence-corrected chi connectivity index (χ4v) is 1.51. The summed E-state index contributed by atoms with van der Waals surface area (Å²) in [5, 5.41) is 3.24. The number of fused-ring (bicyclic) bond motifs is 1. The van der Waals surface area contributed by atoms with Gasteiger partial charge in [-0.1, -0.05) is 12.1 Å². The van der Waals surface area contributed by atoms with E-state index in [1.54, 1.807) is 0 Å². The van der Waals surface area contributed by atoms with Crippen LogP contribution in [0.5, 0.6) is 0 Å². The maximum Gasteiger partial charge on any atom is 0.121 e. The van der Waals surface area contributed by atoms with E-state index < -0.39 is 0 Å². The van der Waals surface area contributed by atoms with E-state index in [9.17, 15) is 0 Å². The fourth-order valence-electron chi connectivity index (χ4n) is 1.51. The minimum absolute atomic E-state index is 0.175. The molecule has 0 bridgehead atoms. The lowest BCUT2D eigenvalue weighted by Crippen LogP contribution is -2.30. The van der Waals surface area contributed by atoms with E-state index in [1.165, 1.54) is 0 Å². The Bertz CT molecular complexity index is 400. The maximum atomic E-state index is 5.64. The molecule has 0 radical (unpaired) electrons. The number of nitrogens with two attached hydrogens (primary N) is 1. The molecule has 1 aromatic heterocycles. The summed E-state index contributed by atoms with van der Waals surface area (Å²) in [5.74, 6) is 0.955. The number of nitrogens with zero attached hydrogens (tertiary/aromatic N) is 1. The molecule has 0 aliphatic heterocycles. The van der Waals surface area contributed by atoms with Gasteiger partial charge in [-0.3, -0.25) is 0 Å². The van der Waals surface area contributed by atoms with Gasteiger partial charge in [0, 0.05) is 12.6 Å². The summed E-state index contributed by atoms with van der Waals surface area (Å²) in [4.78, 5) is 7.71. The van der Waals surface area contributed by atoms with Gasteiger partial charge in [-0.15, -0.1) is 0 Å². The molecule has 1 unspecified atom stereocenters. The number of imidazole rings is 1. The van der Waals surface area contributed by atoms with Crippen molar-refractivity contribution in [2.45, 2.75) is 19.5 Å². The molecule has 0 amide bonds. The second kappa shape index (κ2) is 4.42. The number of hydrogen-bond acceptors (Lipinski definition) is 3. The van der Waals surface area contributed by atoms with E-state index in [0.29, 0.717) is 0 Å². The van der Waals surface area contributed by atoms with E-state index in [4.69, 9.17) is 5.73 Å². The quantitative estimate of drug-likeness (QED) is 0.696. The molecule has 15 heavy (non-hydrogen) atoms. The number of H-pyrrole nitrogens is 1. The topological polar surface area (TPSA) is 66.7 Å². The lowest BCUT2D eigenvalue weighted by atomic mass is 10.3. The number of rotatable bonds is 4. The number of aromatic nitrogens is 2. The molecular formula is C11H16N4. The van der Waals surface area contributed by atoms with Crippen molar-refractivity contribution in [3.63, 3.8) is 0 Å². The average Bonchev–Trinajstić information content (AvgIpc) is 2.59. The van der Waals surface area contributed by atoms with Gasteiger partial charge in [0.2, 0.25) is 0 Å². The molecule has 4 nitrogen and oxygen atoms in total. The Morgan fingerprint density at radius 1 is 1.47 bits per heavy atom. The summed E-state index contributed by atoms with van der Waals surface area (Å²) < 4.78 is 0. The molecule has 80 valence electrons. The van der Waals surface area contributed by atoms with Gasteiger partial charge in [0.05, 0.1) is 17.6 Å². The van der Waals surface area contributed by atoms with Crippen LogP contribution in [-0.2, 0) is 6.54 Å².